The van der Waals surface area contributed by atoms with Crippen LogP contribution in [-0.4, -0.2) is 0 Å². The lowest BCUT2D eigenvalue weighted by Gasteiger charge is -2.27. The molecular weight excluding hydrogens is 589 g/mol. The van der Waals surface area contributed by atoms with Gasteiger partial charge in [0.2, 0.25) is 0 Å². The molecule has 0 saturated carbocycles. The van der Waals surface area contributed by atoms with Crippen LogP contribution in [0.3, 0.4) is 0 Å². The number of thiophene rings is 1. The van der Waals surface area contributed by atoms with E-state index in [1.165, 1.54) is 52.8 Å². The Morgan fingerprint density at radius 3 is 1.87 bits per heavy atom. The van der Waals surface area contributed by atoms with E-state index in [0.717, 1.165) is 28.4 Å². The number of benzene rings is 8. The third-order valence-corrected chi connectivity index (χ3v) is 10.2. The van der Waals surface area contributed by atoms with Crippen molar-refractivity contribution in [2.45, 2.75) is 0 Å². The fourth-order valence-electron chi connectivity index (χ4n) is 6.83. The number of nitrogens with one attached hydrogen (secondary N) is 1. The number of rotatable bonds is 6. The summed E-state index contributed by atoms with van der Waals surface area (Å²) in [6, 6.07) is 63.3. The SMILES string of the molecule is c1ccc(Nc2ccc3c(c2)sc2c(-c4cccc5ccccc45)cc(N(c4ccccc4)c4cccc5ccccc45)cc23)cc1. The summed E-state index contributed by atoms with van der Waals surface area (Å²) in [5, 5.41) is 11.1. The number of para-hydroxylation sites is 2. The van der Waals surface area contributed by atoms with Gasteiger partial charge in [0.15, 0.2) is 0 Å². The van der Waals surface area contributed by atoms with E-state index in [4.69, 9.17) is 0 Å². The van der Waals surface area contributed by atoms with Crippen molar-refractivity contribution < 1.29 is 0 Å². The van der Waals surface area contributed by atoms with Gasteiger partial charge in [-0.2, -0.15) is 0 Å². The Kier molecular flexibility index (Phi) is 6.69. The van der Waals surface area contributed by atoms with E-state index < -0.39 is 0 Å². The summed E-state index contributed by atoms with van der Waals surface area (Å²) < 4.78 is 2.55. The minimum absolute atomic E-state index is 1.08. The van der Waals surface area contributed by atoms with Gasteiger partial charge >= 0.3 is 0 Å². The second-order valence-electron chi connectivity index (χ2n) is 11.9. The number of nitrogens with zero attached hydrogens (tertiary/aromatic N) is 1. The molecule has 0 aliphatic rings. The highest BCUT2D eigenvalue weighted by molar-refractivity contribution is 7.26. The van der Waals surface area contributed by atoms with Crippen molar-refractivity contribution in [1.29, 1.82) is 0 Å². The molecule has 8 aromatic carbocycles. The highest BCUT2D eigenvalue weighted by Crippen LogP contribution is 2.48. The summed E-state index contributed by atoms with van der Waals surface area (Å²) in [6.07, 6.45) is 0. The fraction of sp³-hybridized carbons (Fsp3) is 0. The molecule has 0 aliphatic heterocycles. The standard InChI is InChI=1S/C44H30N2S/c1-3-17-32(18-4-1)45-33-25-26-39-41-29-35(46(34-19-5-2-6-20-34)42-24-12-16-31-14-8-10-22-37(31)42)28-40(44(41)47-43(39)27-33)38-23-11-15-30-13-7-9-21-36(30)38/h1-29,45H. The van der Waals surface area contributed by atoms with Gasteiger partial charge in [0.1, 0.15) is 0 Å². The summed E-state index contributed by atoms with van der Waals surface area (Å²) >= 11 is 1.87. The van der Waals surface area contributed by atoms with Crippen LogP contribution in [0, 0.1) is 0 Å². The third-order valence-electron chi connectivity index (χ3n) is 8.98. The molecule has 9 aromatic rings. The molecule has 0 radical (unpaired) electrons. The van der Waals surface area contributed by atoms with Crippen LogP contribution in [0.25, 0.3) is 52.8 Å². The van der Waals surface area contributed by atoms with Crippen LogP contribution in [0.5, 0.6) is 0 Å². The molecule has 0 amide bonds. The highest BCUT2D eigenvalue weighted by atomic mass is 32.1. The minimum atomic E-state index is 1.08. The summed E-state index contributed by atoms with van der Waals surface area (Å²) in [6.45, 7) is 0. The number of hydrogen-bond acceptors (Lipinski definition) is 3. The molecule has 0 spiro atoms. The molecule has 3 heteroatoms. The van der Waals surface area contributed by atoms with Crippen LogP contribution >= 0.6 is 11.3 Å². The number of hydrogen-bond donors (Lipinski definition) is 1. The first-order valence-corrected chi connectivity index (χ1v) is 16.8. The van der Waals surface area contributed by atoms with Crippen molar-refractivity contribution >= 4 is 81.5 Å². The minimum Gasteiger partial charge on any atom is -0.355 e. The molecule has 0 unspecified atom stereocenters. The van der Waals surface area contributed by atoms with E-state index in [1.54, 1.807) is 0 Å². The largest absolute Gasteiger partial charge is 0.355 e. The average molecular weight is 619 g/mol. The smallest absolute Gasteiger partial charge is 0.0540 e. The Balaban J connectivity index is 1.34. The topological polar surface area (TPSA) is 15.3 Å². The Hall–Kier alpha value is -5.90. The van der Waals surface area contributed by atoms with Gasteiger partial charge < -0.3 is 10.2 Å². The summed E-state index contributed by atoms with van der Waals surface area (Å²) in [4.78, 5) is 2.42. The second-order valence-corrected chi connectivity index (χ2v) is 12.9. The molecule has 1 heterocycles. The van der Waals surface area contributed by atoms with E-state index in [1.807, 2.05) is 17.4 Å². The third kappa shape index (κ3) is 4.89. The Bertz CT molecular complexity index is 2540. The van der Waals surface area contributed by atoms with E-state index in [-0.39, 0.29) is 0 Å². The first kappa shape index (κ1) is 27.4. The van der Waals surface area contributed by atoms with Crippen LogP contribution in [0.2, 0.25) is 0 Å². The molecule has 0 saturated heterocycles. The van der Waals surface area contributed by atoms with E-state index in [0.29, 0.717) is 0 Å². The van der Waals surface area contributed by atoms with Gasteiger partial charge in [-0.25, -0.2) is 0 Å². The van der Waals surface area contributed by atoms with Crippen molar-refractivity contribution in [2.75, 3.05) is 10.2 Å². The van der Waals surface area contributed by atoms with Crippen molar-refractivity contribution in [3.05, 3.63) is 176 Å². The van der Waals surface area contributed by atoms with Crippen LogP contribution in [0.1, 0.15) is 0 Å². The van der Waals surface area contributed by atoms with Gasteiger partial charge in [-0.1, -0.05) is 121 Å². The Morgan fingerprint density at radius 1 is 0.404 bits per heavy atom. The zero-order chi connectivity index (χ0) is 31.2. The molecule has 47 heavy (non-hydrogen) atoms. The molecule has 0 fully saturated rings. The van der Waals surface area contributed by atoms with Crippen molar-refractivity contribution in [2.24, 2.45) is 0 Å². The van der Waals surface area contributed by atoms with Gasteiger partial charge in [-0.05, 0) is 76.3 Å². The van der Waals surface area contributed by atoms with Gasteiger partial charge in [-0.3, -0.25) is 0 Å². The zero-order valence-electron chi connectivity index (χ0n) is 25.6. The van der Waals surface area contributed by atoms with Crippen molar-refractivity contribution in [1.82, 2.24) is 0 Å². The van der Waals surface area contributed by atoms with Crippen LogP contribution in [0.15, 0.2) is 176 Å². The molecule has 0 bridgehead atoms. The predicted molar refractivity (Wildman–Crippen MR) is 204 cm³/mol. The van der Waals surface area contributed by atoms with Gasteiger partial charge in [0.25, 0.3) is 0 Å². The molecule has 1 aromatic heterocycles. The lowest BCUT2D eigenvalue weighted by molar-refractivity contribution is 1.30. The summed E-state index contributed by atoms with van der Waals surface area (Å²) in [5.74, 6) is 0. The molecular formula is C44H30N2S. The van der Waals surface area contributed by atoms with Crippen LogP contribution < -0.4 is 10.2 Å². The second kappa shape index (κ2) is 11.5. The first-order chi connectivity index (χ1) is 23.3. The average Bonchev–Trinajstić information content (AvgIpc) is 3.50. The monoisotopic (exact) mass is 618 g/mol. The number of fused-ring (bicyclic) bond motifs is 5. The quantitative estimate of drug-likeness (QED) is 0.199. The van der Waals surface area contributed by atoms with Gasteiger partial charge in [-0.15, -0.1) is 11.3 Å². The summed E-state index contributed by atoms with van der Waals surface area (Å²) in [5.41, 5.74) is 8.08. The molecule has 9 rings (SSSR count). The lowest BCUT2D eigenvalue weighted by atomic mass is 9.95. The van der Waals surface area contributed by atoms with E-state index in [2.05, 4.69) is 180 Å². The van der Waals surface area contributed by atoms with Gasteiger partial charge in [0.05, 0.1) is 5.69 Å². The maximum atomic E-state index is 3.60. The Labute approximate surface area is 277 Å². The van der Waals surface area contributed by atoms with E-state index in [9.17, 15) is 0 Å². The summed E-state index contributed by atoms with van der Waals surface area (Å²) in [7, 11) is 0. The number of anilines is 5. The fourth-order valence-corrected chi connectivity index (χ4v) is 8.08. The van der Waals surface area contributed by atoms with E-state index >= 15 is 0 Å². The van der Waals surface area contributed by atoms with Crippen molar-refractivity contribution in [3.63, 3.8) is 0 Å². The molecule has 0 aliphatic carbocycles. The molecule has 222 valence electrons. The molecule has 0 atom stereocenters. The predicted octanol–water partition coefficient (Wildman–Crippen LogP) is 13.2. The van der Waals surface area contributed by atoms with Crippen LogP contribution in [-0.2, 0) is 0 Å². The first-order valence-electron chi connectivity index (χ1n) is 15.9. The molecule has 1 N–H and O–H groups in total. The van der Waals surface area contributed by atoms with Crippen molar-refractivity contribution in [3.8, 4) is 11.1 Å². The normalized spacial score (nSPS) is 11.4. The molecule has 2 nitrogen and oxygen atoms in total. The lowest BCUT2D eigenvalue weighted by Crippen LogP contribution is -2.10. The maximum absolute atomic E-state index is 3.60. The maximum Gasteiger partial charge on any atom is 0.0540 e. The van der Waals surface area contributed by atoms with Crippen LogP contribution in [0.4, 0.5) is 28.4 Å². The Morgan fingerprint density at radius 2 is 1.06 bits per heavy atom. The highest BCUT2D eigenvalue weighted by Gasteiger charge is 2.20. The van der Waals surface area contributed by atoms with Gasteiger partial charge in [0, 0.05) is 53.9 Å². The zero-order valence-corrected chi connectivity index (χ0v) is 26.4.